The van der Waals surface area contributed by atoms with Crippen LogP contribution < -0.4 is 11.1 Å². The van der Waals surface area contributed by atoms with E-state index in [9.17, 15) is 4.79 Å². The summed E-state index contributed by atoms with van der Waals surface area (Å²) in [6.07, 6.45) is 7.22. The summed E-state index contributed by atoms with van der Waals surface area (Å²) in [4.78, 5) is 20.3. The molecule has 0 aromatic carbocycles. The van der Waals surface area contributed by atoms with Gasteiger partial charge in [0.1, 0.15) is 11.2 Å². The Morgan fingerprint density at radius 3 is 2.60 bits per heavy atom. The van der Waals surface area contributed by atoms with Gasteiger partial charge in [0, 0.05) is 6.20 Å². The smallest absolute Gasteiger partial charge is 0.272 e. The number of aryl methyl sites for hydroxylation is 1. The minimum atomic E-state index is -0.781. The Hall–Kier alpha value is -2.18. The Bertz CT molecular complexity index is 506. The third kappa shape index (κ3) is 2.87. The molecule has 1 aromatic rings. The standard InChI is InChI=1S/C13H19N5O2/c1-9-7-16-10(8-15-9)11(19)17-13(12(14)18-20)5-3-2-4-6-13/h7-8,20H,2-6H2,1H3,(H2,14,18)(H,17,19). The first-order chi connectivity index (χ1) is 9.57. The lowest BCUT2D eigenvalue weighted by Gasteiger charge is -2.36. The van der Waals surface area contributed by atoms with Gasteiger partial charge in [0.05, 0.1) is 11.9 Å². The normalized spacial score (nSPS) is 18.6. The highest BCUT2D eigenvalue weighted by atomic mass is 16.4. The molecule has 0 unspecified atom stereocenters. The maximum absolute atomic E-state index is 12.2. The second-order valence-corrected chi connectivity index (χ2v) is 5.13. The highest BCUT2D eigenvalue weighted by Crippen LogP contribution is 2.28. The van der Waals surface area contributed by atoms with Crippen LogP contribution in [-0.4, -0.2) is 32.5 Å². The van der Waals surface area contributed by atoms with Gasteiger partial charge in [-0.1, -0.05) is 24.4 Å². The number of hydrogen-bond acceptors (Lipinski definition) is 5. The van der Waals surface area contributed by atoms with E-state index in [0.717, 1.165) is 25.0 Å². The number of amidine groups is 1. The van der Waals surface area contributed by atoms with Crippen molar-refractivity contribution >= 4 is 11.7 Å². The summed E-state index contributed by atoms with van der Waals surface area (Å²) in [7, 11) is 0. The van der Waals surface area contributed by atoms with Gasteiger partial charge in [0.15, 0.2) is 5.84 Å². The topological polar surface area (TPSA) is 113 Å². The van der Waals surface area contributed by atoms with Gasteiger partial charge < -0.3 is 16.3 Å². The first-order valence-electron chi connectivity index (χ1n) is 6.66. The van der Waals surface area contributed by atoms with E-state index < -0.39 is 5.54 Å². The SMILES string of the molecule is Cc1cnc(C(=O)NC2(C(N)=NO)CCCCC2)cn1. The first kappa shape index (κ1) is 14.2. The van der Waals surface area contributed by atoms with Crippen LogP contribution in [0.2, 0.25) is 0 Å². The number of hydrogen-bond donors (Lipinski definition) is 3. The van der Waals surface area contributed by atoms with Crippen molar-refractivity contribution in [3.8, 4) is 0 Å². The number of carbonyl (C=O) groups excluding carboxylic acids is 1. The zero-order chi connectivity index (χ0) is 14.6. The van der Waals surface area contributed by atoms with Gasteiger partial charge in [-0.05, 0) is 19.8 Å². The van der Waals surface area contributed by atoms with Gasteiger partial charge in [0.25, 0.3) is 5.91 Å². The van der Waals surface area contributed by atoms with Crippen molar-refractivity contribution in [1.29, 1.82) is 0 Å². The van der Waals surface area contributed by atoms with Crippen molar-refractivity contribution in [2.75, 3.05) is 0 Å². The molecule has 1 saturated carbocycles. The Morgan fingerprint density at radius 1 is 1.35 bits per heavy atom. The fourth-order valence-electron chi connectivity index (χ4n) is 2.49. The lowest BCUT2D eigenvalue weighted by atomic mass is 9.80. The monoisotopic (exact) mass is 277 g/mol. The van der Waals surface area contributed by atoms with Gasteiger partial charge in [-0.15, -0.1) is 0 Å². The molecule has 4 N–H and O–H groups in total. The summed E-state index contributed by atoms with van der Waals surface area (Å²) >= 11 is 0. The molecule has 20 heavy (non-hydrogen) atoms. The van der Waals surface area contributed by atoms with E-state index in [0.29, 0.717) is 12.8 Å². The predicted octanol–water partition coefficient (Wildman–Crippen LogP) is 0.964. The minimum absolute atomic E-state index is 0.0469. The molecule has 108 valence electrons. The molecule has 2 rings (SSSR count). The molecule has 0 aliphatic heterocycles. The quantitative estimate of drug-likeness (QED) is 0.329. The zero-order valence-electron chi connectivity index (χ0n) is 11.5. The highest BCUT2D eigenvalue weighted by molar-refractivity contribution is 5.99. The molecule has 1 heterocycles. The Kier molecular flexibility index (Phi) is 4.16. The van der Waals surface area contributed by atoms with E-state index in [4.69, 9.17) is 10.9 Å². The highest BCUT2D eigenvalue weighted by Gasteiger charge is 2.38. The van der Waals surface area contributed by atoms with Crippen LogP contribution in [0.15, 0.2) is 17.5 Å². The number of nitrogens with zero attached hydrogens (tertiary/aromatic N) is 3. The number of nitrogens with one attached hydrogen (secondary N) is 1. The molecule has 7 heteroatoms. The summed E-state index contributed by atoms with van der Waals surface area (Å²) in [6, 6.07) is 0. The van der Waals surface area contributed by atoms with Crippen molar-refractivity contribution in [3.63, 3.8) is 0 Å². The minimum Gasteiger partial charge on any atom is -0.409 e. The van der Waals surface area contributed by atoms with E-state index in [2.05, 4.69) is 20.4 Å². The Morgan fingerprint density at radius 2 is 2.05 bits per heavy atom. The van der Waals surface area contributed by atoms with Gasteiger partial charge in [-0.3, -0.25) is 9.78 Å². The van der Waals surface area contributed by atoms with E-state index >= 15 is 0 Å². The van der Waals surface area contributed by atoms with Crippen molar-refractivity contribution < 1.29 is 10.0 Å². The third-order valence-electron chi connectivity index (χ3n) is 3.67. The van der Waals surface area contributed by atoms with E-state index in [1.807, 2.05) is 0 Å². The first-order valence-corrected chi connectivity index (χ1v) is 6.66. The van der Waals surface area contributed by atoms with Crippen molar-refractivity contribution in [2.24, 2.45) is 10.9 Å². The molecule has 1 aliphatic rings. The summed E-state index contributed by atoms with van der Waals surface area (Å²) in [6.45, 7) is 1.80. The van der Waals surface area contributed by atoms with Crippen LogP contribution in [0.5, 0.6) is 0 Å². The van der Waals surface area contributed by atoms with Crippen molar-refractivity contribution in [1.82, 2.24) is 15.3 Å². The third-order valence-corrected chi connectivity index (χ3v) is 3.67. The number of nitrogens with two attached hydrogens (primary N) is 1. The second-order valence-electron chi connectivity index (χ2n) is 5.13. The second kappa shape index (κ2) is 5.85. The maximum Gasteiger partial charge on any atom is 0.272 e. The fourth-order valence-corrected chi connectivity index (χ4v) is 2.49. The van der Waals surface area contributed by atoms with Gasteiger partial charge in [-0.25, -0.2) is 4.98 Å². The van der Waals surface area contributed by atoms with E-state index in [-0.39, 0.29) is 17.4 Å². The molecule has 7 nitrogen and oxygen atoms in total. The molecular weight excluding hydrogens is 258 g/mol. The van der Waals surface area contributed by atoms with Gasteiger partial charge >= 0.3 is 0 Å². The summed E-state index contributed by atoms with van der Waals surface area (Å²) < 4.78 is 0. The molecule has 0 bridgehead atoms. The maximum atomic E-state index is 12.2. The van der Waals surface area contributed by atoms with E-state index in [1.165, 1.54) is 12.4 Å². The summed E-state index contributed by atoms with van der Waals surface area (Å²) in [5.41, 5.74) is 5.97. The summed E-state index contributed by atoms with van der Waals surface area (Å²) in [5.74, 6) is -0.309. The lowest BCUT2D eigenvalue weighted by Crippen LogP contribution is -2.58. The van der Waals surface area contributed by atoms with E-state index in [1.54, 1.807) is 6.92 Å². The van der Waals surface area contributed by atoms with Crippen LogP contribution >= 0.6 is 0 Å². The molecule has 0 saturated heterocycles. The average molecular weight is 277 g/mol. The number of amides is 1. The average Bonchev–Trinajstić information content (AvgIpc) is 2.48. The van der Waals surface area contributed by atoms with Crippen LogP contribution in [0.4, 0.5) is 0 Å². The number of rotatable bonds is 3. The predicted molar refractivity (Wildman–Crippen MR) is 73.5 cm³/mol. The Labute approximate surface area is 117 Å². The molecular formula is C13H19N5O2. The number of oxime groups is 1. The molecule has 1 aliphatic carbocycles. The van der Waals surface area contributed by atoms with Crippen LogP contribution in [0, 0.1) is 6.92 Å². The van der Waals surface area contributed by atoms with Gasteiger partial charge in [0.2, 0.25) is 0 Å². The summed E-state index contributed by atoms with van der Waals surface area (Å²) in [5, 5.41) is 14.9. The molecule has 0 atom stereocenters. The van der Waals surface area contributed by atoms with Gasteiger partial charge in [-0.2, -0.15) is 0 Å². The molecule has 0 radical (unpaired) electrons. The largest absolute Gasteiger partial charge is 0.409 e. The number of aromatic nitrogens is 2. The van der Waals surface area contributed by atoms with Crippen LogP contribution in [0.3, 0.4) is 0 Å². The van der Waals surface area contributed by atoms with Crippen molar-refractivity contribution in [2.45, 2.75) is 44.6 Å². The van der Waals surface area contributed by atoms with Crippen LogP contribution in [0.1, 0.15) is 48.3 Å². The Balaban J connectivity index is 2.19. The lowest BCUT2D eigenvalue weighted by molar-refractivity contribution is 0.0900. The van der Waals surface area contributed by atoms with Crippen LogP contribution in [-0.2, 0) is 0 Å². The van der Waals surface area contributed by atoms with Crippen LogP contribution in [0.25, 0.3) is 0 Å². The molecule has 0 spiro atoms. The molecule has 1 amide bonds. The molecule has 1 fully saturated rings. The zero-order valence-corrected chi connectivity index (χ0v) is 11.5. The molecule has 1 aromatic heterocycles. The fraction of sp³-hybridized carbons (Fsp3) is 0.538. The number of carbonyl (C=O) groups is 1. The van der Waals surface area contributed by atoms with Crippen molar-refractivity contribution in [3.05, 3.63) is 23.8 Å².